The van der Waals surface area contributed by atoms with Crippen LogP contribution in [0.2, 0.25) is 5.02 Å². The van der Waals surface area contributed by atoms with E-state index in [1.54, 1.807) is 4.68 Å². The van der Waals surface area contributed by atoms with Gasteiger partial charge in [-0.15, -0.1) is 11.3 Å². The van der Waals surface area contributed by atoms with Crippen molar-refractivity contribution in [1.29, 1.82) is 0 Å². The molecule has 102 valence electrons. The van der Waals surface area contributed by atoms with E-state index in [-0.39, 0.29) is 12.2 Å². The quantitative estimate of drug-likeness (QED) is 0.685. The maximum atomic E-state index is 12.4. The van der Waals surface area contributed by atoms with Crippen LogP contribution >= 0.6 is 22.9 Å². The summed E-state index contributed by atoms with van der Waals surface area (Å²) in [5, 5.41) is 7.95. The Morgan fingerprint density at radius 2 is 2.15 bits per heavy atom. The van der Waals surface area contributed by atoms with Crippen LogP contribution in [0.5, 0.6) is 0 Å². The molecule has 0 radical (unpaired) electrons. The van der Waals surface area contributed by atoms with Gasteiger partial charge in [0.2, 0.25) is 0 Å². The Labute approximate surface area is 125 Å². The van der Waals surface area contributed by atoms with Gasteiger partial charge in [-0.25, -0.2) is 0 Å². The number of hydrogen-bond donors (Lipinski definition) is 0. The van der Waals surface area contributed by atoms with Crippen molar-refractivity contribution in [2.75, 3.05) is 0 Å². The van der Waals surface area contributed by atoms with Gasteiger partial charge in [0, 0.05) is 12.4 Å². The number of Topliss-reactive ketones (excluding diaryl/α,β-unsaturated/α-hetero) is 1. The molecule has 0 aliphatic rings. The molecule has 3 aromatic rings. The van der Waals surface area contributed by atoms with E-state index in [1.807, 2.05) is 43.6 Å². The second-order valence-electron chi connectivity index (χ2n) is 4.75. The molecule has 0 saturated heterocycles. The number of thiophene rings is 1. The van der Waals surface area contributed by atoms with Crippen molar-refractivity contribution in [2.24, 2.45) is 7.05 Å². The van der Waals surface area contributed by atoms with Crippen molar-refractivity contribution >= 4 is 39.6 Å². The van der Waals surface area contributed by atoms with Crippen molar-refractivity contribution in [3.8, 4) is 0 Å². The second kappa shape index (κ2) is 5.04. The first-order chi connectivity index (χ1) is 9.58. The van der Waals surface area contributed by atoms with Crippen LogP contribution in [-0.2, 0) is 13.5 Å². The summed E-state index contributed by atoms with van der Waals surface area (Å²) in [6, 6.07) is 7.92. The first kappa shape index (κ1) is 13.3. The molecule has 0 N–H and O–H groups in total. The third-order valence-corrected chi connectivity index (χ3v) is 5.05. The molecule has 0 unspecified atom stereocenters. The smallest absolute Gasteiger partial charge is 0.180 e. The number of carbonyl (C=O) groups excluding carboxylic acids is 1. The van der Waals surface area contributed by atoms with E-state index in [1.165, 1.54) is 11.3 Å². The number of rotatable bonds is 3. The Hall–Kier alpha value is -1.65. The van der Waals surface area contributed by atoms with Crippen LogP contribution < -0.4 is 0 Å². The van der Waals surface area contributed by atoms with Crippen LogP contribution in [0.3, 0.4) is 0 Å². The molecule has 0 bridgehead atoms. The van der Waals surface area contributed by atoms with Crippen molar-refractivity contribution in [2.45, 2.75) is 13.3 Å². The molecule has 3 nitrogen and oxygen atoms in total. The number of benzene rings is 1. The summed E-state index contributed by atoms with van der Waals surface area (Å²) in [6.07, 6.45) is 0.279. The van der Waals surface area contributed by atoms with Gasteiger partial charge < -0.3 is 0 Å². The first-order valence-corrected chi connectivity index (χ1v) is 7.51. The highest BCUT2D eigenvalue weighted by Gasteiger charge is 2.18. The lowest BCUT2D eigenvalue weighted by Gasteiger charge is -1.97. The Kier molecular flexibility index (Phi) is 3.36. The minimum absolute atomic E-state index is 0.0250. The minimum atomic E-state index is 0.0250. The predicted molar refractivity (Wildman–Crippen MR) is 82.8 cm³/mol. The number of halogens is 1. The van der Waals surface area contributed by atoms with Crippen LogP contribution in [0, 0.1) is 6.92 Å². The van der Waals surface area contributed by atoms with Gasteiger partial charge in [0.05, 0.1) is 27.5 Å². The normalized spacial score (nSPS) is 11.2. The largest absolute Gasteiger partial charge is 0.293 e. The standard InChI is InChI=1S/C15H13ClN2OS/c1-9-8-20-15(14(9)16)13(19)7-11-10-5-3-4-6-12(10)18(2)17-11/h3-6,8H,7H2,1-2H3. The third-order valence-electron chi connectivity index (χ3n) is 3.31. The van der Waals surface area contributed by atoms with Gasteiger partial charge in [-0.1, -0.05) is 29.8 Å². The van der Waals surface area contributed by atoms with Crippen LogP contribution in [0.1, 0.15) is 20.9 Å². The lowest BCUT2D eigenvalue weighted by Crippen LogP contribution is -2.03. The topological polar surface area (TPSA) is 34.9 Å². The van der Waals surface area contributed by atoms with E-state index in [2.05, 4.69) is 5.10 Å². The highest BCUT2D eigenvalue weighted by Crippen LogP contribution is 2.29. The highest BCUT2D eigenvalue weighted by molar-refractivity contribution is 7.13. The first-order valence-electron chi connectivity index (χ1n) is 6.25. The van der Waals surface area contributed by atoms with Crippen LogP contribution in [-0.4, -0.2) is 15.6 Å². The molecule has 0 spiro atoms. The zero-order valence-corrected chi connectivity index (χ0v) is 12.8. The van der Waals surface area contributed by atoms with E-state index in [0.29, 0.717) is 9.90 Å². The average Bonchev–Trinajstić information content (AvgIpc) is 2.93. The summed E-state index contributed by atoms with van der Waals surface area (Å²) in [5.74, 6) is 0.0250. The fourth-order valence-corrected chi connectivity index (χ4v) is 3.51. The molecule has 0 fully saturated rings. The zero-order valence-electron chi connectivity index (χ0n) is 11.2. The molecule has 3 rings (SSSR count). The average molecular weight is 305 g/mol. The van der Waals surface area contributed by atoms with Gasteiger partial charge >= 0.3 is 0 Å². The van der Waals surface area contributed by atoms with Gasteiger partial charge in [-0.05, 0) is 23.9 Å². The highest BCUT2D eigenvalue weighted by atomic mass is 35.5. The van der Waals surface area contributed by atoms with E-state index in [9.17, 15) is 4.79 Å². The molecule has 20 heavy (non-hydrogen) atoms. The summed E-state index contributed by atoms with van der Waals surface area (Å²) in [4.78, 5) is 13.0. The fraction of sp³-hybridized carbons (Fsp3) is 0.200. The second-order valence-corrected chi connectivity index (χ2v) is 6.01. The number of ketones is 1. The zero-order chi connectivity index (χ0) is 14.3. The van der Waals surface area contributed by atoms with Crippen LogP contribution in [0.15, 0.2) is 29.6 Å². The number of carbonyl (C=O) groups is 1. The number of para-hydroxylation sites is 1. The van der Waals surface area contributed by atoms with Gasteiger partial charge in [0.1, 0.15) is 0 Å². The Balaban J connectivity index is 1.98. The maximum Gasteiger partial charge on any atom is 0.180 e. The molecule has 2 heterocycles. The van der Waals surface area contributed by atoms with Crippen molar-refractivity contribution in [1.82, 2.24) is 9.78 Å². The van der Waals surface area contributed by atoms with Crippen molar-refractivity contribution < 1.29 is 4.79 Å². The predicted octanol–water partition coefficient (Wildman–Crippen LogP) is 4.02. The number of fused-ring (bicyclic) bond motifs is 1. The third kappa shape index (κ3) is 2.15. The monoisotopic (exact) mass is 304 g/mol. The SMILES string of the molecule is Cc1csc(C(=O)Cc2nn(C)c3ccccc23)c1Cl. The van der Waals surface area contributed by atoms with E-state index < -0.39 is 0 Å². The molecule has 1 aromatic carbocycles. The molecule has 0 amide bonds. The van der Waals surface area contributed by atoms with Gasteiger partial charge in [-0.3, -0.25) is 9.48 Å². The summed E-state index contributed by atoms with van der Waals surface area (Å²) >= 11 is 7.56. The van der Waals surface area contributed by atoms with E-state index in [0.717, 1.165) is 22.2 Å². The summed E-state index contributed by atoms with van der Waals surface area (Å²) < 4.78 is 1.80. The molecule has 0 atom stereocenters. The number of aromatic nitrogens is 2. The Bertz CT molecular complexity index is 803. The van der Waals surface area contributed by atoms with Crippen molar-refractivity contribution in [3.63, 3.8) is 0 Å². The lowest BCUT2D eigenvalue weighted by atomic mass is 10.1. The number of aryl methyl sites for hydroxylation is 2. The molecule has 0 aliphatic heterocycles. The molecular formula is C15H13ClN2OS. The van der Waals surface area contributed by atoms with Gasteiger partial charge in [0.15, 0.2) is 5.78 Å². The molecular weight excluding hydrogens is 292 g/mol. The Morgan fingerprint density at radius 3 is 2.85 bits per heavy atom. The minimum Gasteiger partial charge on any atom is -0.293 e. The summed E-state index contributed by atoms with van der Waals surface area (Å²) in [5.41, 5.74) is 2.78. The molecule has 2 aromatic heterocycles. The fourth-order valence-electron chi connectivity index (χ4n) is 2.27. The summed E-state index contributed by atoms with van der Waals surface area (Å²) in [6.45, 7) is 1.91. The van der Waals surface area contributed by atoms with Gasteiger partial charge in [0.25, 0.3) is 0 Å². The molecule has 0 saturated carbocycles. The Morgan fingerprint density at radius 1 is 1.40 bits per heavy atom. The molecule has 0 aliphatic carbocycles. The summed E-state index contributed by atoms with van der Waals surface area (Å²) in [7, 11) is 1.89. The van der Waals surface area contributed by atoms with Crippen molar-refractivity contribution in [3.05, 3.63) is 50.8 Å². The molecule has 5 heteroatoms. The van der Waals surface area contributed by atoms with Crippen LogP contribution in [0.4, 0.5) is 0 Å². The lowest BCUT2D eigenvalue weighted by molar-refractivity contribution is 0.0996. The van der Waals surface area contributed by atoms with E-state index >= 15 is 0 Å². The number of nitrogens with zero attached hydrogens (tertiary/aromatic N) is 2. The van der Waals surface area contributed by atoms with Gasteiger partial charge in [-0.2, -0.15) is 5.10 Å². The number of hydrogen-bond acceptors (Lipinski definition) is 3. The van der Waals surface area contributed by atoms with Crippen LogP contribution in [0.25, 0.3) is 10.9 Å². The van der Waals surface area contributed by atoms with E-state index in [4.69, 9.17) is 11.6 Å². The maximum absolute atomic E-state index is 12.4.